The van der Waals surface area contributed by atoms with E-state index in [2.05, 4.69) is 0 Å². The molecule has 2 heteroatoms. The predicted octanol–water partition coefficient (Wildman–Crippen LogP) is 3.77. The lowest BCUT2D eigenvalue weighted by Gasteiger charge is -2.22. The van der Waals surface area contributed by atoms with Crippen molar-refractivity contribution in [3.05, 3.63) is 29.3 Å². The third-order valence-electron chi connectivity index (χ3n) is 4.23. The van der Waals surface area contributed by atoms with Crippen LogP contribution >= 0.6 is 0 Å². The number of ketones is 1. The number of fused-ring (bicyclic) bond motifs is 1. The fourth-order valence-corrected chi connectivity index (χ4v) is 3.15. The van der Waals surface area contributed by atoms with Crippen molar-refractivity contribution in [2.75, 3.05) is 6.61 Å². The molecule has 1 aromatic rings. The summed E-state index contributed by atoms with van der Waals surface area (Å²) < 4.78 is 5.98. The summed E-state index contributed by atoms with van der Waals surface area (Å²) in [6, 6.07) is 5.89. The van der Waals surface area contributed by atoms with Crippen LogP contribution in [0.15, 0.2) is 18.2 Å². The maximum Gasteiger partial charge on any atom is 0.163 e. The highest BCUT2D eigenvalue weighted by Gasteiger charge is 2.23. The molecule has 0 radical (unpaired) electrons. The van der Waals surface area contributed by atoms with E-state index in [1.54, 1.807) is 0 Å². The minimum atomic E-state index is 0.271. The van der Waals surface area contributed by atoms with Gasteiger partial charge in [-0.25, -0.2) is 0 Å². The number of Topliss-reactive ketones (excluding diaryl/α,β-unsaturated/α-hetero) is 1. The van der Waals surface area contributed by atoms with Gasteiger partial charge in [-0.05, 0) is 31.2 Å². The van der Waals surface area contributed by atoms with Gasteiger partial charge in [0.1, 0.15) is 5.75 Å². The minimum absolute atomic E-state index is 0.271. The number of rotatable bonds is 3. The third-order valence-corrected chi connectivity index (χ3v) is 4.23. The standard InChI is InChI=1S/C16H20O2/c17-15-10-9-14-13(15)7-4-8-16(14)18-11-12-5-2-1-3-6-12/h4,7-8,12H,1-3,5-6,9-11H2. The molecule has 0 bridgehead atoms. The largest absolute Gasteiger partial charge is 0.493 e. The van der Waals surface area contributed by atoms with Gasteiger partial charge >= 0.3 is 0 Å². The van der Waals surface area contributed by atoms with E-state index in [1.807, 2.05) is 18.2 Å². The van der Waals surface area contributed by atoms with Gasteiger partial charge < -0.3 is 4.74 Å². The molecule has 1 aromatic carbocycles. The van der Waals surface area contributed by atoms with Gasteiger partial charge in [0.15, 0.2) is 5.78 Å². The van der Waals surface area contributed by atoms with Crippen LogP contribution in [0.25, 0.3) is 0 Å². The first-order chi connectivity index (χ1) is 8.84. The van der Waals surface area contributed by atoms with E-state index in [0.717, 1.165) is 29.9 Å². The summed E-state index contributed by atoms with van der Waals surface area (Å²) >= 11 is 0. The Labute approximate surface area is 108 Å². The average Bonchev–Trinajstić information content (AvgIpc) is 2.80. The van der Waals surface area contributed by atoms with E-state index < -0.39 is 0 Å². The highest BCUT2D eigenvalue weighted by Crippen LogP contribution is 2.31. The topological polar surface area (TPSA) is 26.3 Å². The molecule has 0 spiro atoms. The van der Waals surface area contributed by atoms with Gasteiger partial charge in [0.2, 0.25) is 0 Å². The van der Waals surface area contributed by atoms with Crippen molar-refractivity contribution < 1.29 is 9.53 Å². The summed E-state index contributed by atoms with van der Waals surface area (Å²) in [5.74, 6) is 1.93. The van der Waals surface area contributed by atoms with E-state index >= 15 is 0 Å². The van der Waals surface area contributed by atoms with Gasteiger partial charge in [0, 0.05) is 17.5 Å². The van der Waals surface area contributed by atoms with Gasteiger partial charge in [0.05, 0.1) is 6.61 Å². The SMILES string of the molecule is O=C1CCc2c(OCC3CCCCC3)cccc21. The second-order valence-corrected chi connectivity index (χ2v) is 5.52. The fourth-order valence-electron chi connectivity index (χ4n) is 3.15. The number of hydrogen-bond acceptors (Lipinski definition) is 2. The summed E-state index contributed by atoms with van der Waals surface area (Å²) in [7, 11) is 0. The molecule has 2 aliphatic rings. The molecule has 1 saturated carbocycles. The van der Waals surface area contributed by atoms with Crippen molar-refractivity contribution in [1.82, 2.24) is 0 Å². The first kappa shape index (κ1) is 11.8. The minimum Gasteiger partial charge on any atom is -0.493 e. The van der Waals surface area contributed by atoms with Crippen molar-refractivity contribution in [3.8, 4) is 5.75 Å². The van der Waals surface area contributed by atoms with Crippen molar-refractivity contribution >= 4 is 5.78 Å². The Balaban J connectivity index is 1.68. The van der Waals surface area contributed by atoms with Gasteiger partial charge in [-0.3, -0.25) is 4.79 Å². The average molecular weight is 244 g/mol. The van der Waals surface area contributed by atoms with Gasteiger partial charge in [0.25, 0.3) is 0 Å². The first-order valence-corrected chi connectivity index (χ1v) is 7.12. The van der Waals surface area contributed by atoms with E-state index in [4.69, 9.17) is 4.74 Å². The third kappa shape index (κ3) is 2.29. The number of carbonyl (C=O) groups is 1. The maximum absolute atomic E-state index is 11.7. The van der Waals surface area contributed by atoms with Gasteiger partial charge in [-0.2, -0.15) is 0 Å². The maximum atomic E-state index is 11.7. The number of benzene rings is 1. The first-order valence-electron chi connectivity index (χ1n) is 7.12. The Bertz CT molecular complexity index is 444. The smallest absolute Gasteiger partial charge is 0.163 e. The second kappa shape index (κ2) is 5.13. The van der Waals surface area contributed by atoms with Crippen molar-refractivity contribution in [2.24, 2.45) is 5.92 Å². The summed E-state index contributed by atoms with van der Waals surface area (Å²) in [4.78, 5) is 11.7. The van der Waals surface area contributed by atoms with Crippen LogP contribution in [-0.2, 0) is 6.42 Å². The molecular formula is C16H20O2. The van der Waals surface area contributed by atoms with E-state index in [-0.39, 0.29) is 5.78 Å². The molecule has 3 rings (SSSR count). The van der Waals surface area contributed by atoms with E-state index in [0.29, 0.717) is 12.3 Å². The van der Waals surface area contributed by atoms with Crippen molar-refractivity contribution in [2.45, 2.75) is 44.9 Å². The van der Waals surface area contributed by atoms with Crippen LogP contribution in [0.2, 0.25) is 0 Å². The molecule has 0 heterocycles. The molecule has 0 amide bonds. The molecular weight excluding hydrogens is 224 g/mol. The Morgan fingerprint density at radius 3 is 2.78 bits per heavy atom. The highest BCUT2D eigenvalue weighted by atomic mass is 16.5. The van der Waals surface area contributed by atoms with Crippen molar-refractivity contribution in [1.29, 1.82) is 0 Å². The Morgan fingerprint density at radius 2 is 1.94 bits per heavy atom. The molecule has 2 aliphatic carbocycles. The fraction of sp³-hybridized carbons (Fsp3) is 0.562. The number of hydrogen-bond donors (Lipinski definition) is 0. The normalized spacial score (nSPS) is 19.9. The molecule has 2 nitrogen and oxygen atoms in total. The molecule has 0 aliphatic heterocycles. The van der Waals surface area contributed by atoms with Crippen molar-refractivity contribution in [3.63, 3.8) is 0 Å². The molecule has 0 N–H and O–H groups in total. The van der Waals surface area contributed by atoms with Crippen LogP contribution in [0.3, 0.4) is 0 Å². The van der Waals surface area contributed by atoms with Gasteiger partial charge in [-0.1, -0.05) is 31.4 Å². The Kier molecular flexibility index (Phi) is 3.35. The predicted molar refractivity (Wildman–Crippen MR) is 71.2 cm³/mol. The van der Waals surface area contributed by atoms with Gasteiger partial charge in [-0.15, -0.1) is 0 Å². The zero-order valence-electron chi connectivity index (χ0n) is 10.8. The van der Waals surface area contributed by atoms with E-state index in [1.165, 1.54) is 32.1 Å². The van der Waals surface area contributed by atoms with Crippen LogP contribution in [-0.4, -0.2) is 12.4 Å². The van der Waals surface area contributed by atoms with Crippen LogP contribution < -0.4 is 4.74 Å². The molecule has 0 aromatic heterocycles. The Hall–Kier alpha value is -1.31. The molecule has 1 fully saturated rings. The number of ether oxygens (including phenoxy) is 1. The zero-order chi connectivity index (χ0) is 12.4. The lowest BCUT2D eigenvalue weighted by Crippen LogP contribution is -2.15. The molecule has 0 unspecified atom stereocenters. The quantitative estimate of drug-likeness (QED) is 0.809. The summed E-state index contributed by atoms with van der Waals surface area (Å²) in [6.07, 6.45) is 8.18. The second-order valence-electron chi connectivity index (χ2n) is 5.52. The van der Waals surface area contributed by atoms with Crippen LogP contribution in [0.1, 0.15) is 54.4 Å². The summed E-state index contributed by atoms with van der Waals surface area (Å²) in [5.41, 5.74) is 2.02. The summed E-state index contributed by atoms with van der Waals surface area (Å²) in [5, 5.41) is 0. The summed E-state index contributed by atoms with van der Waals surface area (Å²) in [6.45, 7) is 0.824. The monoisotopic (exact) mass is 244 g/mol. The number of carbonyl (C=O) groups excluding carboxylic acids is 1. The van der Waals surface area contributed by atoms with E-state index in [9.17, 15) is 4.79 Å². The molecule has 18 heavy (non-hydrogen) atoms. The Morgan fingerprint density at radius 1 is 1.11 bits per heavy atom. The zero-order valence-corrected chi connectivity index (χ0v) is 10.8. The highest BCUT2D eigenvalue weighted by molar-refractivity contribution is 6.01. The molecule has 0 atom stereocenters. The van der Waals surface area contributed by atoms with Crippen LogP contribution in [0.4, 0.5) is 0 Å². The lowest BCUT2D eigenvalue weighted by molar-refractivity contribution is 0.0994. The van der Waals surface area contributed by atoms with Crippen LogP contribution in [0, 0.1) is 5.92 Å². The van der Waals surface area contributed by atoms with Crippen LogP contribution in [0.5, 0.6) is 5.75 Å². The molecule has 96 valence electrons. The lowest BCUT2D eigenvalue weighted by atomic mass is 9.90. The molecule has 0 saturated heterocycles.